The minimum absolute atomic E-state index is 0.0541. The first-order valence-electron chi connectivity index (χ1n) is 5.47. The van der Waals surface area contributed by atoms with Gasteiger partial charge in [-0.2, -0.15) is 0 Å². The summed E-state index contributed by atoms with van der Waals surface area (Å²) in [7, 11) is 3.79. The lowest BCUT2D eigenvalue weighted by molar-refractivity contribution is -0.118. The number of nitrogens with zero attached hydrogens (tertiary/aromatic N) is 2. The van der Waals surface area contributed by atoms with Crippen molar-refractivity contribution in [3.63, 3.8) is 0 Å². The van der Waals surface area contributed by atoms with Crippen LogP contribution in [0.15, 0.2) is 0 Å². The molecule has 5 atom stereocenters. The van der Waals surface area contributed by atoms with Crippen molar-refractivity contribution in [2.75, 3.05) is 27.2 Å². The van der Waals surface area contributed by atoms with Crippen LogP contribution in [0.4, 0.5) is 0 Å². The van der Waals surface area contributed by atoms with Crippen LogP contribution in [-0.2, 0) is 0 Å². The predicted molar refractivity (Wildman–Crippen MR) is 55.5 cm³/mol. The third-order valence-corrected chi connectivity index (χ3v) is 3.71. The van der Waals surface area contributed by atoms with E-state index in [0.29, 0.717) is 13.0 Å². The molecule has 5 heteroatoms. The Kier molecular flexibility index (Phi) is 3.00. The van der Waals surface area contributed by atoms with Gasteiger partial charge in [0.1, 0.15) is 0 Å². The predicted octanol–water partition coefficient (Wildman–Crippen LogP) is -1.91. The first-order valence-corrected chi connectivity index (χ1v) is 5.47. The van der Waals surface area contributed by atoms with Crippen LogP contribution in [-0.4, -0.2) is 82.7 Å². The summed E-state index contributed by atoms with van der Waals surface area (Å²) < 4.78 is 0. The number of aliphatic hydroxyl groups is 3. The highest BCUT2D eigenvalue weighted by molar-refractivity contribution is 5.03. The number of aliphatic hydroxyl groups excluding tert-OH is 3. The maximum absolute atomic E-state index is 9.96. The number of likely N-dealkylation sites (N-methyl/N-ethyl adjacent to an activating group) is 1. The molecule has 2 heterocycles. The molecular formula is C10H20N2O3. The Labute approximate surface area is 89.9 Å². The Balaban J connectivity index is 2.14. The van der Waals surface area contributed by atoms with Gasteiger partial charge >= 0.3 is 0 Å². The molecule has 0 spiro atoms. The number of fused-ring (bicyclic) bond motifs is 1. The number of piperidine rings is 1. The Morgan fingerprint density at radius 2 is 1.80 bits per heavy atom. The third kappa shape index (κ3) is 1.79. The molecule has 2 saturated heterocycles. The van der Waals surface area contributed by atoms with E-state index in [1.165, 1.54) is 0 Å². The van der Waals surface area contributed by atoms with E-state index in [4.69, 9.17) is 0 Å². The van der Waals surface area contributed by atoms with Crippen LogP contribution in [0.25, 0.3) is 0 Å². The Morgan fingerprint density at radius 3 is 2.40 bits per heavy atom. The van der Waals surface area contributed by atoms with Gasteiger partial charge in [0.15, 0.2) is 0 Å². The molecule has 0 unspecified atom stereocenters. The summed E-state index contributed by atoms with van der Waals surface area (Å²) in [6.07, 6.45) is -1.43. The highest BCUT2D eigenvalue weighted by atomic mass is 16.3. The van der Waals surface area contributed by atoms with Gasteiger partial charge < -0.3 is 20.2 Å². The summed E-state index contributed by atoms with van der Waals surface area (Å²) in [6.45, 7) is 1.52. The number of hydrogen-bond donors (Lipinski definition) is 3. The summed E-state index contributed by atoms with van der Waals surface area (Å²) in [4.78, 5) is 4.00. The maximum Gasteiger partial charge on any atom is 0.0994 e. The molecule has 3 N–H and O–H groups in total. The van der Waals surface area contributed by atoms with Crippen LogP contribution in [0.3, 0.4) is 0 Å². The number of rotatable bonds is 1. The van der Waals surface area contributed by atoms with Gasteiger partial charge in [-0.05, 0) is 20.5 Å². The smallest absolute Gasteiger partial charge is 0.0994 e. The number of hydrogen-bond acceptors (Lipinski definition) is 5. The molecule has 2 aliphatic heterocycles. The van der Waals surface area contributed by atoms with E-state index < -0.39 is 18.3 Å². The van der Waals surface area contributed by atoms with Crippen LogP contribution < -0.4 is 0 Å². The fraction of sp³-hybridized carbons (Fsp3) is 1.00. The average Bonchev–Trinajstić information content (AvgIpc) is 2.53. The molecule has 2 rings (SSSR count). The van der Waals surface area contributed by atoms with Gasteiger partial charge in [-0.3, -0.25) is 4.90 Å². The fourth-order valence-corrected chi connectivity index (χ4v) is 2.76. The summed E-state index contributed by atoms with van der Waals surface area (Å²) in [5.41, 5.74) is 0. The molecule has 0 aromatic heterocycles. The van der Waals surface area contributed by atoms with E-state index in [0.717, 1.165) is 6.54 Å². The lowest BCUT2D eigenvalue weighted by atomic mass is 9.91. The van der Waals surface area contributed by atoms with Crippen LogP contribution >= 0.6 is 0 Å². The van der Waals surface area contributed by atoms with Crippen molar-refractivity contribution in [3.05, 3.63) is 0 Å². The van der Waals surface area contributed by atoms with Crippen molar-refractivity contribution in [2.24, 2.45) is 0 Å². The Bertz CT molecular complexity index is 237. The van der Waals surface area contributed by atoms with Crippen molar-refractivity contribution in [1.29, 1.82) is 0 Å². The lowest BCUT2D eigenvalue weighted by Crippen LogP contribution is -2.64. The van der Waals surface area contributed by atoms with Gasteiger partial charge in [0, 0.05) is 13.1 Å². The quantitative estimate of drug-likeness (QED) is 0.477. The van der Waals surface area contributed by atoms with Crippen LogP contribution in [0.5, 0.6) is 0 Å². The van der Waals surface area contributed by atoms with Crippen LogP contribution in [0.1, 0.15) is 6.42 Å². The molecular weight excluding hydrogens is 196 g/mol. The third-order valence-electron chi connectivity index (χ3n) is 3.71. The molecule has 5 nitrogen and oxygen atoms in total. The minimum atomic E-state index is -0.844. The topological polar surface area (TPSA) is 67.2 Å². The molecule has 0 amide bonds. The highest BCUT2D eigenvalue weighted by Crippen LogP contribution is 2.29. The van der Waals surface area contributed by atoms with E-state index in [-0.39, 0.29) is 12.1 Å². The lowest BCUT2D eigenvalue weighted by Gasteiger charge is -2.45. The van der Waals surface area contributed by atoms with Gasteiger partial charge in [0.25, 0.3) is 0 Å². The summed E-state index contributed by atoms with van der Waals surface area (Å²) in [5, 5.41) is 29.6. The fourth-order valence-electron chi connectivity index (χ4n) is 2.76. The highest BCUT2D eigenvalue weighted by Gasteiger charge is 2.48. The van der Waals surface area contributed by atoms with Crippen LogP contribution in [0.2, 0.25) is 0 Å². The zero-order valence-electron chi connectivity index (χ0n) is 9.24. The van der Waals surface area contributed by atoms with Gasteiger partial charge in [-0.15, -0.1) is 0 Å². The van der Waals surface area contributed by atoms with Crippen molar-refractivity contribution >= 4 is 0 Å². The monoisotopic (exact) mass is 216 g/mol. The minimum Gasteiger partial charge on any atom is -0.391 e. The Morgan fingerprint density at radius 1 is 1.13 bits per heavy atom. The molecule has 2 aliphatic rings. The summed E-state index contributed by atoms with van der Waals surface area (Å²) in [5.74, 6) is 0. The molecule has 0 radical (unpaired) electrons. The van der Waals surface area contributed by atoms with Crippen molar-refractivity contribution in [2.45, 2.75) is 36.8 Å². The van der Waals surface area contributed by atoms with Crippen LogP contribution in [0, 0.1) is 0 Å². The maximum atomic E-state index is 9.96. The molecule has 0 aromatic carbocycles. The zero-order chi connectivity index (χ0) is 11.2. The normalized spacial score (nSPS) is 47.2. The second-order valence-electron chi connectivity index (χ2n) is 4.85. The molecule has 88 valence electrons. The van der Waals surface area contributed by atoms with E-state index in [9.17, 15) is 15.3 Å². The average molecular weight is 216 g/mol. The van der Waals surface area contributed by atoms with Crippen molar-refractivity contribution in [3.8, 4) is 0 Å². The zero-order valence-corrected chi connectivity index (χ0v) is 9.24. The molecule has 0 saturated carbocycles. The second-order valence-corrected chi connectivity index (χ2v) is 4.85. The molecule has 0 aromatic rings. The van der Waals surface area contributed by atoms with E-state index in [2.05, 4.69) is 4.90 Å². The summed E-state index contributed by atoms with van der Waals surface area (Å²) >= 11 is 0. The molecule has 0 bridgehead atoms. The van der Waals surface area contributed by atoms with E-state index >= 15 is 0 Å². The molecule has 0 aliphatic carbocycles. The standard InChI is InChI=1S/C10H20N2O3/c1-11(2)6-5-12-4-3-7(13)8(12)10(15)9(6)14/h6-10,13-15H,3-5H2,1-2H3/t6-,7-,8+,9+,10+/m0/s1. The van der Waals surface area contributed by atoms with Crippen molar-refractivity contribution in [1.82, 2.24) is 9.80 Å². The first kappa shape index (κ1) is 11.3. The molecule has 15 heavy (non-hydrogen) atoms. The largest absolute Gasteiger partial charge is 0.391 e. The summed E-state index contributed by atoms with van der Waals surface area (Å²) in [6, 6.07) is -0.335. The van der Waals surface area contributed by atoms with E-state index in [1.807, 2.05) is 19.0 Å². The first-order chi connectivity index (χ1) is 7.02. The van der Waals surface area contributed by atoms with Gasteiger partial charge in [-0.25, -0.2) is 0 Å². The van der Waals surface area contributed by atoms with Gasteiger partial charge in [-0.1, -0.05) is 0 Å². The van der Waals surface area contributed by atoms with E-state index in [1.54, 1.807) is 0 Å². The van der Waals surface area contributed by atoms with Crippen molar-refractivity contribution < 1.29 is 15.3 Å². The SMILES string of the molecule is CN(C)[C@H]1CN2CC[C@H](O)[C@@H]2[C@@H](O)[C@@H]1O. The molecule has 2 fully saturated rings. The van der Waals surface area contributed by atoms with Gasteiger partial charge in [0.05, 0.1) is 30.4 Å². The second kappa shape index (κ2) is 3.99. The van der Waals surface area contributed by atoms with Gasteiger partial charge in [0.2, 0.25) is 0 Å². The Hall–Kier alpha value is -0.200.